The maximum atomic E-state index is 8.74. The Morgan fingerprint density at radius 2 is 2.14 bits per heavy atom. The molecule has 0 atom stereocenters. The van der Waals surface area contributed by atoms with Crippen LogP contribution in [0.4, 0.5) is 0 Å². The lowest BCUT2D eigenvalue weighted by atomic mass is 10.2. The zero-order valence-electron chi connectivity index (χ0n) is 7.14. The Morgan fingerprint density at radius 3 is 2.79 bits per heavy atom. The van der Waals surface area contributed by atoms with E-state index >= 15 is 0 Å². The van der Waals surface area contributed by atoms with E-state index in [0.29, 0.717) is 16.4 Å². The molecule has 0 unspecified atom stereocenters. The molecular formula is C9H7ClN2O2. The minimum atomic E-state index is -0.266. The van der Waals surface area contributed by atoms with E-state index in [2.05, 4.69) is 10.1 Å². The van der Waals surface area contributed by atoms with Gasteiger partial charge in [0, 0.05) is 5.56 Å². The molecule has 14 heavy (non-hydrogen) atoms. The normalized spacial score (nSPS) is 10.4. The van der Waals surface area contributed by atoms with Gasteiger partial charge in [0.1, 0.15) is 6.61 Å². The summed E-state index contributed by atoms with van der Waals surface area (Å²) in [6.45, 7) is -0.266. The van der Waals surface area contributed by atoms with Gasteiger partial charge in [0.25, 0.3) is 5.89 Å². The van der Waals surface area contributed by atoms with Crippen LogP contribution in [0.3, 0.4) is 0 Å². The number of aliphatic hydroxyl groups excluding tert-OH is 1. The van der Waals surface area contributed by atoms with Gasteiger partial charge >= 0.3 is 0 Å². The van der Waals surface area contributed by atoms with Crippen LogP contribution in [-0.2, 0) is 6.61 Å². The fourth-order valence-corrected chi connectivity index (χ4v) is 1.29. The summed E-state index contributed by atoms with van der Waals surface area (Å²) in [4.78, 5) is 3.95. The minimum Gasteiger partial charge on any atom is -0.387 e. The molecule has 0 radical (unpaired) electrons. The highest BCUT2D eigenvalue weighted by atomic mass is 35.5. The summed E-state index contributed by atoms with van der Waals surface area (Å²) < 4.78 is 4.75. The molecule has 0 aliphatic rings. The average molecular weight is 211 g/mol. The number of hydrogen-bond donors (Lipinski definition) is 1. The Hall–Kier alpha value is -1.39. The van der Waals surface area contributed by atoms with Crippen LogP contribution in [0.25, 0.3) is 11.4 Å². The maximum absolute atomic E-state index is 8.74. The largest absolute Gasteiger partial charge is 0.387 e. The number of nitrogens with zero attached hydrogens (tertiary/aromatic N) is 2. The highest BCUT2D eigenvalue weighted by molar-refractivity contribution is 6.33. The van der Waals surface area contributed by atoms with Gasteiger partial charge in [0.2, 0.25) is 5.82 Å². The first kappa shape index (κ1) is 9.18. The molecule has 1 heterocycles. The van der Waals surface area contributed by atoms with Crippen LogP contribution in [0.2, 0.25) is 5.02 Å². The SMILES string of the molecule is OCc1nc(-c2ccccc2Cl)no1. The number of rotatable bonds is 2. The zero-order chi connectivity index (χ0) is 9.97. The first-order valence-corrected chi connectivity index (χ1v) is 4.37. The molecule has 1 aromatic heterocycles. The van der Waals surface area contributed by atoms with Gasteiger partial charge in [-0.25, -0.2) is 0 Å². The highest BCUT2D eigenvalue weighted by Gasteiger charge is 2.09. The lowest BCUT2D eigenvalue weighted by Crippen LogP contribution is -1.84. The van der Waals surface area contributed by atoms with Crippen molar-refractivity contribution in [3.8, 4) is 11.4 Å². The van der Waals surface area contributed by atoms with Crippen molar-refractivity contribution in [1.29, 1.82) is 0 Å². The van der Waals surface area contributed by atoms with Crippen LogP contribution in [0, 0.1) is 0 Å². The summed E-state index contributed by atoms with van der Waals surface area (Å²) in [5, 5.41) is 13.0. The summed E-state index contributed by atoms with van der Waals surface area (Å²) in [5.74, 6) is 0.569. The van der Waals surface area contributed by atoms with Crippen LogP contribution >= 0.6 is 11.6 Å². The second-order valence-corrected chi connectivity index (χ2v) is 3.06. The van der Waals surface area contributed by atoms with Crippen molar-refractivity contribution in [1.82, 2.24) is 10.1 Å². The van der Waals surface area contributed by atoms with Gasteiger partial charge in [-0.05, 0) is 12.1 Å². The molecule has 0 saturated heterocycles. The number of aliphatic hydroxyl groups is 1. The van der Waals surface area contributed by atoms with Crippen LogP contribution < -0.4 is 0 Å². The summed E-state index contributed by atoms with van der Waals surface area (Å²) in [6.07, 6.45) is 0. The van der Waals surface area contributed by atoms with E-state index in [-0.39, 0.29) is 12.5 Å². The molecule has 2 aromatic rings. The van der Waals surface area contributed by atoms with Crippen LogP contribution in [0.1, 0.15) is 5.89 Å². The molecule has 0 amide bonds. The predicted octanol–water partition coefficient (Wildman–Crippen LogP) is 1.88. The molecule has 0 saturated carbocycles. The Morgan fingerprint density at radius 1 is 1.36 bits per heavy atom. The van der Waals surface area contributed by atoms with Crippen molar-refractivity contribution in [3.63, 3.8) is 0 Å². The first-order valence-electron chi connectivity index (χ1n) is 3.99. The van der Waals surface area contributed by atoms with E-state index in [1.165, 1.54) is 0 Å². The maximum Gasteiger partial charge on any atom is 0.252 e. The van der Waals surface area contributed by atoms with Crippen molar-refractivity contribution >= 4 is 11.6 Å². The smallest absolute Gasteiger partial charge is 0.252 e. The van der Waals surface area contributed by atoms with E-state index in [9.17, 15) is 0 Å². The zero-order valence-corrected chi connectivity index (χ0v) is 7.90. The van der Waals surface area contributed by atoms with E-state index in [4.69, 9.17) is 21.2 Å². The minimum absolute atomic E-state index is 0.180. The first-order chi connectivity index (χ1) is 6.81. The van der Waals surface area contributed by atoms with E-state index in [0.717, 1.165) is 0 Å². The topological polar surface area (TPSA) is 59.2 Å². The third-order valence-corrected chi connectivity index (χ3v) is 2.05. The van der Waals surface area contributed by atoms with Crippen LogP contribution in [0.15, 0.2) is 28.8 Å². The fraction of sp³-hybridized carbons (Fsp3) is 0.111. The van der Waals surface area contributed by atoms with E-state index in [1.807, 2.05) is 12.1 Å². The molecule has 1 aromatic carbocycles. The second-order valence-electron chi connectivity index (χ2n) is 2.65. The van der Waals surface area contributed by atoms with Gasteiger partial charge in [-0.2, -0.15) is 4.98 Å². The average Bonchev–Trinajstić information content (AvgIpc) is 2.67. The van der Waals surface area contributed by atoms with Crippen molar-refractivity contribution in [2.75, 3.05) is 0 Å². The number of benzene rings is 1. The van der Waals surface area contributed by atoms with Crippen molar-refractivity contribution in [3.05, 3.63) is 35.2 Å². The van der Waals surface area contributed by atoms with Gasteiger partial charge in [-0.1, -0.05) is 28.9 Å². The monoisotopic (exact) mass is 210 g/mol. The van der Waals surface area contributed by atoms with Gasteiger partial charge in [-0.3, -0.25) is 0 Å². The van der Waals surface area contributed by atoms with Gasteiger partial charge in [0.15, 0.2) is 0 Å². The standard InChI is InChI=1S/C9H7ClN2O2/c10-7-4-2-1-3-6(7)9-11-8(5-13)14-12-9/h1-4,13H,5H2. The Bertz CT molecular complexity index is 442. The summed E-state index contributed by atoms with van der Waals surface area (Å²) in [5.41, 5.74) is 0.692. The molecular weight excluding hydrogens is 204 g/mol. The fourth-order valence-electron chi connectivity index (χ4n) is 1.07. The lowest BCUT2D eigenvalue weighted by molar-refractivity contribution is 0.222. The number of hydrogen-bond acceptors (Lipinski definition) is 4. The third-order valence-electron chi connectivity index (χ3n) is 1.72. The Kier molecular flexibility index (Phi) is 2.47. The molecule has 72 valence electrons. The molecule has 0 aliphatic carbocycles. The van der Waals surface area contributed by atoms with E-state index in [1.54, 1.807) is 12.1 Å². The molecule has 4 nitrogen and oxygen atoms in total. The number of aromatic nitrogens is 2. The Balaban J connectivity index is 2.44. The lowest BCUT2D eigenvalue weighted by Gasteiger charge is -1.95. The molecule has 1 N–H and O–H groups in total. The van der Waals surface area contributed by atoms with Gasteiger partial charge in [0.05, 0.1) is 5.02 Å². The van der Waals surface area contributed by atoms with Crippen molar-refractivity contribution in [2.45, 2.75) is 6.61 Å². The van der Waals surface area contributed by atoms with Crippen molar-refractivity contribution in [2.24, 2.45) is 0 Å². The predicted molar refractivity (Wildman–Crippen MR) is 50.7 cm³/mol. The Labute approximate surface area is 85.1 Å². The molecule has 0 aliphatic heterocycles. The summed E-state index contributed by atoms with van der Waals surface area (Å²) in [7, 11) is 0. The van der Waals surface area contributed by atoms with Gasteiger partial charge < -0.3 is 9.63 Å². The molecule has 5 heteroatoms. The molecule has 0 bridgehead atoms. The number of halogens is 1. The highest BCUT2D eigenvalue weighted by Crippen LogP contribution is 2.24. The molecule has 2 rings (SSSR count). The third kappa shape index (κ3) is 1.62. The van der Waals surface area contributed by atoms with Crippen LogP contribution in [-0.4, -0.2) is 15.2 Å². The van der Waals surface area contributed by atoms with Crippen molar-refractivity contribution < 1.29 is 9.63 Å². The molecule has 0 spiro atoms. The summed E-state index contributed by atoms with van der Waals surface area (Å²) in [6, 6.07) is 7.18. The van der Waals surface area contributed by atoms with Crippen LogP contribution in [0.5, 0.6) is 0 Å². The van der Waals surface area contributed by atoms with E-state index < -0.39 is 0 Å². The van der Waals surface area contributed by atoms with Gasteiger partial charge in [-0.15, -0.1) is 0 Å². The second kappa shape index (κ2) is 3.77. The quantitative estimate of drug-likeness (QED) is 0.822. The molecule has 0 fully saturated rings. The summed E-state index contributed by atoms with van der Waals surface area (Å²) >= 11 is 5.93.